The highest BCUT2D eigenvalue weighted by atomic mass is 16.3. The fourth-order valence-electron chi connectivity index (χ4n) is 11.4. The van der Waals surface area contributed by atoms with E-state index in [-0.39, 0.29) is 5.41 Å². The van der Waals surface area contributed by atoms with Crippen molar-refractivity contribution in [3.8, 4) is 33.4 Å². The van der Waals surface area contributed by atoms with E-state index >= 15 is 0 Å². The summed E-state index contributed by atoms with van der Waals surface area (Å²) >= 11 is 0. The number of nitrogens with zero attached hydrogens (tertiary/aromatic N) is 1. The Bertz CT molecular complexity index is 3600. The maximum atomic E-state index is 6.90. The van der Waals surface area contributed by atoms with Crippen molar-refractivity contribution in [3.63, 3.8) is 0 Å². The molecule has 302 valence electrons. The Morgan fingerprint density at radius 2 is 0.844 bits per heavy atom. The summed E-state index contributed by atoms with van der Waals surface area (Å²) in [6, 6.07) is 82.9. The zero-order chi connectivity index (χ0) is 42.6. The zero-order valence-corrected chi connectivity index (χ0v) is 35.7. The smallest absolute Gasteiger partial charge is 0.137 e. The van der Waals surface area contributed by atoms with E-state index in [4.69, 9.17) is 4.42 Å². The largest absolute Gasteiger partial charge is 0.456 e. The molecule has 0 amide bonds. The summed E-state index contributed by atoms with van der Waals surface area (Å²) in [6.07, 6.45) is 0. The number of hydrogen-bond donors (Lipinski definition) is 0. The van der Waals surface area contributed by atoms with Crippen LogP contribution in [0.4, 0.5) is 17.1 Å². The van der Waals surface area contributed by atoms with Crippen LogP contribution in [0.1, 0.15) is 47.2 Å². The highest BCUT2D eigenvalue weighted by molar-refractivity contribution is 6.13. The average Bonchev–Trinajstić information content (AvgIpc) is 3.93. The lowest BCUT2D eigenvalue weighted by atomic mass is 9.67. The van der Waals surface area contributed by atoms with Gasteiger partial charge in [-0.1, -0.05) is 190 Å². The summed E-state index contributed by atoms with van der Waals surface area (Å²) < 4.78 is 6.90. The number of anilines is 3. The van der Waals surface area contributed by atoms with Crippen LogP contribution in [0.5, 0.6) is 0 Å². The molecule has 0 fully saturated rings. The molecule has 1 aromatic heterocycles. The van der Waals surface area contributed by atoms with Crippen molar-refractivity contribution >= 4 is 49.8 Å². The monoisotopic (exact) mass is 817 g/mol. The number of fused-ring (bicyclic) bond motifs is 10. The van der Waals surface area contributed by atoms with Crippen LogP contribution in [-0.4, -0.2) is 0 Å². The molecule has 0 aliphatic heterocycles. The van der Waals surface area contributed by atoms with E-state index in [2.05, 4.69) is 243 Å². The van der Waals surface area contributed by atoms with Gasteiger partial charge in [-0.15, -0.1) is 0 Å². The molecule has 2 nitrogen and oxygen atoms in total. The molecule has 0 radical (unpaired) electrons. The van der Waals surface area contributed by atoms with Crippen LogP contribution in [0.15, 0.2) is 229 Å². The maximum absolute atomic E-state index is 6.90. The van der Waals surface area contributed by atoms with Crippen LogP contribution in [0, 0.1) is 0 Å². The van der Waals surface area contributed by atoms with Crippen LogP contribution in [0.25, 0.3) is 66.1 Å². The first kappa shape index (κ1) is 36.7. The van der Waals surface area contributed by atoms with Crippen molar-refractivity contribution < 1.29 is 4.42 Å². The van der Waals surface area contributed by atoms with Crippen LogP contribution in [0.2, 0.25) is 0 Å². The first-order valence-electron chi connectivity index (χ1n) is 22.3. The topological polar surface area (TPSA) is 16.4 Å². The van der Waals surface area contributed by atoms with Crippen molar-refractivity contribution in [1.29, 1.82) is 0 Å². The second-order valence-corrected chi connectivity index (χ2v) is 18.0. The zero-order valence-electron chi connectivity index (χ0n) is 35.7. The Balaban J connectivity index is 1.13. The van der Waals surface area contributed by atoms with Crippen LogP contribution in [-0.2, 0) is 10.8 Å². The molecule has 13 rings (SSSR count). The van der Waals surface area contributed by atoms with Gasteiger partial charge in [0, 0.05) is 39.2 Å². The molecule has 2 aliphatic rings. The molecule has 0 unspecified atom stereocenters. The molecule has 0 saturated heterocycles. The fourth-order valence-corrected chi connectivity index (χ4v) is 11.4. The van der Waals surface area contributed by atoms with E-state index in [0.29, 0.717) is 0 Å². The predicted octanol–water partition coefficient (Wildman–Crippen LogP) is 16.5. The third kappa shape index (κ3) is 5.20. The normalized spacial score (nSPS) is 14.0. The summed E-state index contributed by atoms with van der Waals surface area (Å²) in [7, 11) is 0. The van der Waals surface area contributed by atoms with Gasteiger partial charge in [0.1, 0.15) is 11.2 Å². The van der Waals surface area contributed by atoms with Crippen molar-refractivity contribution in [2.75, 3.05) is 4.90 Å². The van der Waals surface area contributed by atoms with Crippen LogP contribution < -0.4 is 4.90 Å². The van der Waals surface area contributed by atoms with Gasteiger partial charge in [-0.25, -0.2) is 0 Å². The Kier molecular flexibility index (Phi) is 7.90. The number of benzene rings is 10. The fraction of sp³-hybridized carbons (Fsp3) is 0.0645. The van der Waals surface area contributed by atoms with Gasteiger partial charge in [0.15, 0.2) is 0 Å². The molecule has 0 spiro atoms. The lowest BCUT2D eigenvalue weighted by Gasteiger charge is -2.35. The summed E-state index contributed by atoms with van der Waals surface area (Å²) in [5.74, 6) is 0. The summed E-state index contributed by atoms with van der Waals surface area (Å²) in [6.45, 7) is 4.73. The summed E-state index contributed by atoms with van der Waals surface area (Å²) in [4.78, 5) is 2.49. The molecule has 10 aromatic carbocycles. The molecule has 1 heterocycles. The van der Waals surface area contributed by atoms with Crippen LogP contribution >= 0.6 is 0 Å². The van der Waals surface area contributed by atoms with E-state index < -0.39 is 5.41 Å². The van der Waals surface area contributed by atoms with Gasteiger partial charge in [0.05, 0.1) is 11.1 Å². The van der Waals surface area contributed by atoms with Crippen molar-refractivity contribution in [3.05, 3.63) is 258 Å². The molecular formula is C62H43NO. The van der Waals surface area contributed by atoms with E-state index in [1.54, 1.807) is 0 Å². The third-order valence-corrected chi connectivity index (χ3v) is 14.3. The lowest BCUT2D eigenvalue weighted by Crippen LogP contribution is -2.28. The molecule has 0 bridgehead atoms. The molecule has 0 saturated carbocycles. The van der Waals surface area contributed by atoms with E-state index in [1.165, 1.54) is 66.4 Å². The average molecular weight is 818 g/mol. The van der Waals surface area contributed by atoms with Gasteiger partial charge in [-0.05, 0) is 114 Å². The SMILES string of the molecule is CC1(C)c2ccccc2-c2ccc(N(c3ccc4c(c3)C(c3ccccc3)(c3ccccc3)c3ccccc3-4)c3cc4oc5cc6ccccc6cc5c4cc3-c3ccccc3)cc21. The van der Waals surface area contributed by atoms with Gasteiger partial charge in [0.25, 0.3) is 0 Å². The van der Waals surface area contributed by atoms with Crippen molar-refractivity contribution in [1.82, 2.24) is 0 Å². The van der Waals surface area contributed by atoms with Crippen molar-refractivity contribution in [2.45, 2.75) is 24.7 Å². The highest BCUT2D eigenvalue weighted by Gasteiger charge is 2.46. The van der Waals surface area contributed by atoms with Crippen molar-refractivity contribution in [2.24, 2.45) is 0 Å². The lowest BCUT2D eigenvalue weighted by molar-refractivity contribution is 0.660. The molecule has 2 aliphatic carbocycles. The molecule has 0 atom stereocenters. The van der Waals surface area contributed by atoms with Gasteiger partial charge in [-0.3, -0.25) is 0 Å². The highest BCUT2D eigenvalue weighted by Crippen LogP contribution is 2.58. The minimum absolute atomic E-state index is 0.185. The number of hydrogen-bond acceptors (Lipinski definition) is 2. The second kappa shape index (κ2) is 13.8. The molecule has 2 heteroatoms. The van der Waals surface area contributed by atoms with Gasteiger partial charge in [0.2, 0.25) is 0 Å². The molecule has 11 aromatic rings. The Morgan fingerprint density at radius 3 is 1.52 bits per heavy atom. The third-order valence-electron chi connectivity index (χ3n) is 14.3. The first-order valence-corrected chi connectivity index (χ1v) is 22.3. The van der Waals surface area contributed by atoms with Crippen LogP contribution in [0.3, 0.4) is 0 Å². The minimum Gasteiger partial charge on any atom is -0.456 e. The maximum Gasteiger partial charge on any atom is 0.137 e. The summed E-state index contributed by atoms with van der Waals surface area (Å²) in [5, 5.41) is 4.59. The molecule has 64 heavy (non-hydrogen) atoms. The van der Waals surface area contributed by atoms with E-state index in [0.717, 1.165) is 50.1 Å². The Morgan fingerprint density at radius 1 is 0.359 bits per heavy atom. The van der Waals surface area contributed by atoms with Gasteiger partial charge >= 0.3 is 0 Å². The van der Waals surface area contributed by atoms with E-state index in [9.17, 15) is 0 Å². The molecular weight excluding hydrogens is 775 g/mol. The van der Waals surface area contributed by atoms with Gasteiger partial charge in [-0.2, -0.15) is 0 Å². The minimum atomic E-state index is -0.551. The quantitative estimate of drug-likeness (QED) is 0.166. The first-order chi connectivity index (χ1) is 31.5. The second-order valence-electron chi connectivity index (χ2n) is 18.0. The standard InChI is InChI=1S/C62H43NO/c1-61(2)54-28-16-14-26-47(54)49-32-30-45(36-56(49)61)63(58-39-60-53(38-51(58)40-18-6-3-7-19-40)52-34-41-20-12-13-21-42(41)35-59(52)64-60)46-31-33-50-48-27-15-17-29-55(48)62(57(50)37-46,43-22-8-4-9-23-43)44-24-10-5-11-25-44/h3-39H,1-2H3. The van der Waals surface area contributed by atoms with Gasteiger partial charge < -0.3 is 9.32 Å². The Hall–Kier alpha value is -7.94. The summed E-state index contributed by atoms with van der Waals surface area (Å²) in [5.41, 5.74) is 19.4. The molecule has 0 N–H and O–H groups in total. The predicted molar refractivity (Wildman–Crippen MR) is 266 cm³/mol. The number of rotatable bonds is 6. The number of furan rings is 1. The van der Waals surface area contributed by atoms with E-state index in [1.807, 2.05) is 0 Å². The Labute approximate surface area is 373 Å².